The molecule has 9 rings (SSSR count). The summed E-state index contributed by atoms with van der Waals surface area (Å²) in [5.74, 6) is 0.236. The number of allylic oxidation sites excluding steroid dienone is 4. The minimum absolute atomic E-state index is 0.103. The van der Waals surface area contributed by atoms with Crippen molar-refractivity contribution in [1.29, 1.82) is 5.41 Å². The van der Waals surface area contributed by atoms with Crippen molar-refractivity contribution in [3.05, 3.63) is 275 Å². The maximum Gasteiger partial charge on any atom is 0.0707 e. The maximum absolute atomic E-state index is 9.04. The van der Waals surface area contributed by atoms with Gasteiger partial charge in [0.25, 0.3) is 0 Å². The summed E-state index contributed by atoms with van der Waals surface area (Å²) in [5, 5.41) is 20.8. The summed E-state index contributed by atoms with van der Waals surface area (Å²) in [6.45, 7) is 0.560. The van der Waals surface area contributed by atoms with Gasteiger partial charge in [-0.1, -0.05) is 194 Å². The van der Waals surface area contributed by atoms with Gasteiger partial charge in [-0.25, -0.2) is 0 Å². The molecular weight excluding hydrogens is 729 g/mol. The Bertz CT molecular complexity index is 2670. The molecule has 4 N–H and O–H groups in total. The van der Waals surface area contributed by atoms with E-state index < -0.39 is 0 Å². The highest BCUT2D eigenvalue weighted by Crippen LogP contribution is 2.39. The highest BCUT2D eigenvalue weighted by molar-refractivity contribution is 6.10. The third kappa shape index (κ3) is 8.99. The molecule has 0 radical (unpaired) electrons. The molecule has 3 atom stereocenters. The molecule has 2 aliphatic heterocycles. The molecule has 3 unspecified atom stereocenters. The Labute approximate surface area is 353 Å². The lowest BCUT2D eigenvalue weighted by molar-refractivity contribution is 0.525. The van der Waals surface area contributed by atoms with Gasteiger partial charge in [-0.2, -0.15) is 0 Å². The predicted molar refractivity (Wildman–Crippen MR) is 250 cm³/mol. The number of dihydropyridines is 1. The first-order valence-electron chi connectivity index (χ1n) is 20.8. The van der Waals surface area contributed by atoms with Gasteiger partial charge in [-0.05, 0) is 92.4 Å². The van der Waals surface area contributed by atoms with Crippen LogP contribution in [0.4, 0.5) is 0 Å². The number of nitrogens with one attached hydrogen (secondary N) is 4. The third-order valence-corrected chi connectivity index (χ3v) is 11.4. The molecule has 292 valence electrons. The lowest BCUT2D eigenvalue weighted by Crippen LogP contribution is -2.27. The molecule has 4 heteroatoms. The monoisotopic (exact) mass is 776 g/mol. The van der Waals surface area contributed by atoms with Gasteiger partial charge in [-0.3, -0.25) is 0 Å². The van der Waals surface area contributed by atoms with E-state index in [9.17, 15) is 0 Å². The molecule has 0 saturated carbocycles. The van der Waals surface area contributed by atoms with Crippen LogP contribution < -0.4 is 16.0 Å². The lowest BCUT2D eigenvalue weighted by Gasteiger charge is -2.32. The van der Waals surface area contributed by atoms with Crippen LogP contribution in [0.25, 0.3) is 22.7 Å². The van der Waals surface area contributed by atoms with E-state index in [1.165, 1.54) is 27.8 Å². The molecule has 7 aromatic rings. The van der Waals surface area contributed by atoms with Crippen LogP contribution in [-0.2, 0) is 6.54 Å². The van der Waals surface area contributed by atoms with Gasteiger partial charge in [0.2, 0.25) is 0 Å². The molecule has 2 heterocycles. The van der Waals surface area contributed by atoms with Crippen LogP contribution in [0.5, 0.6) is 0 Å². The van der Waals surface area contributed by atoms with Crippen molar-refractivity contribution in [2.45, 2.75) is 31.0 Å². The van der Waals surface area contributed by atoms with Crippen LogP contribution in [0.2, 0.25) is 0 Å². The second kappa shape index (κ2) is 18.0. The Balaban J connectivity index is 1.15. The van der Waals surface area contributed by atoms with Crippen molar-refractivity contribution < 1.29 is 0 Å². The molecule has 0 spiro atoms. The summed E-state index contributed by atoms with van der Waals surface area (Å²) in [6.07, 6.45) is 9.96. The SMILES string of the molecule is N=C(/C=C(\NCc1cc(C2=CC(c3ccccc3)CC(c3ccccc3)N2)cc(C2C=C(c3ccccc3)C=C(c3ccccc3)N2)c1)c1ccccc1)c1ccccc1. The van der Waals surface area contributed by atoms with Gasteiger partial charge >= 0.3 is 0 Å². The second-order valence-electron chi connectivity index (χ2n) is 15.5. The summed E-state index contributed by atoms with van der Waals surface area (Å²) in [4.78, 5) is 0. The molecular formula is C56H48N4. The van der Waals surface area contributed by atoms with Crippen molar-refractivity contribution in [3.8, 4) is 0 Å². The Kier molecular flexibility index (Phi) is 11.4. The molecule has 4 nitrogen and oxygen atoms in total. The van der Waals surface area contributed by atoms with Crippen molar-refractivity contribution in [2.24, 2.45) is 0 Å². The molecule has 0 amide bonds. The van der Waals surface area contributed by atoms with Gasteiger partial charge in [0, 0.05) is 29.6 Å². The number of hydrogen-bond acceptors (Lipinski definition) is 4. The van der Waals surface area contributed by atoms with Gasteiger partial charge < -0.3 is 21.4 Å². The van der Waals surface area contributed by atoms with Crippen molar-refractivity contribution in [3.63, 3.8) is 0 Å². The summed E-state index contributed by atoms with van der Waals surface area (Å²) < 4.78 is 0. The summed E-state index contributed by atoms with van der Waals surface area (Å²) >= 11 is 0. The number of hydrogen-bond donors (Lipinski definition) is 4. The summed E-state index contributed by atoms with van der Waals surface area (Å²) in [6, 6.07) is 70.3. The fraction of sp³-hybridized carbons (Fsp3) is 0.0893. The van der Waals surface area contributed by atoms with E-state index in [-0.39, 0.29) is 18.0 Å². The minimum Gasteiger partial charge on any atom is -0.380 e. The van der Waals surface area contributed by atoms with Crippen LogP contribution in [-0.4, -0.2) is 5.71 Å². The van der Waals surface area contributed by atoms with Crippen LogP contribution in [0, 0.1) is 5.41 Å². The number of benzene rings is 7. The topological polar surface area (TPSA) is 59.9 Å². The zero-order chi connectivity index (χ0) is 40.5. The first-order valence-corrected chi connectivity index (χ1v) is 20.8. The van der Waals surface area contributed by atoms with Crippen molar-refractivity contribution in [1.82, 2.24) is 16.0 Å². The fourth-order valence-corrected chi connectivity index (χ4v) is 8.30. The van der Waals surface area contributed by atoms with E-state index in [4.69, 9.17) is 5.41 Å². The molecule has 7 aromatic carbocycles. The normalized spacial score (nSPS) is 17.6. The average molecular weight is 777 g/mol. The molecule has 2 aliphatic rings. The van der Waals surface area contributed by atoms with Gasteiger partial charge in [0.15, 0.2) is 0 Å². The minimum atomic E-state index is -0.103. The van der Waals surface area contributed by atoms with E-state index in [0.29, 0.717) is 12.3 Å². The first kappa shape index (κ1) is 38.1. The standard InChI is InChI=1S/C56H48N4/c57-51(43-23-11-3-12-24-43)38-52(44-25-13-4-14-26-44)58-39-40-31-49(55-36-47(41-19-7-1-8-20-41)34-53(59-55)45-27-15-5-16-28-45)33-50(32-40)56-37-48(42-21-9-2-10-22-42)35-54(60-56)46-29-17-6-18-30-46/h1-34,36-38,48,54-55,57-60H,35,39H2/b52-38-,57-51?. The largest absolute Gasteiger partial charge is 0.380 e. The third-order valence-electron chi connectivity index (χ3n) is 11.4. The molecule has 0 aliphatic carbocycles. The highest BCUT2D eigenvalue weighted by atomic mass is 15.0. The highest BCUT2D eigenvalue weighted by Gasteiger charge is 2.26. The van der Waals surface area contributed by atoms with E-state index in [0.717, 1.165) is 51.3 Å². The van der Waals surface area contributed by atoms with E-state index >= 15 is 0 Å². The smallest absolute Gasteiger partial charge is 0.0707 e. The molecule has 0 aromatic heterocycles. The van der Waals surface area contributed by atoms with Crippen LogP contribution in [0.15, 0.2) is 224 Å². The van der Waals surface area contributed by atoms with E-state index in [1.807, 2.05) is 54.6 Å². The molecule has 60 heavy (non-hydrogen) atoms. The molecule has 0 bridgehead atoms. The van der Waals surface area contributed by atoms with Crippen LogP contribution in [0.3, 0.4) is 0 Å². The second-order valence-corrected chi connectivity index (χ2v) is 15.5. The Morgan fingerprint density at radius 2 is 1.10 bits per heavy atom. The average Bonchev–Trinajstić information content (AvgIpc) is 3.34. The Morgan fingerprint density at radius 3 is 1.75 bits per heavy atom. The quantitative estimate of drug-likeness (QED) is 0.0935. The lowest BCUT2D eigenvalue weighted by atomic mass is 9.84. The molecule has 0 fully saturated rings. The predicted octanol–water partition coefficient (Wildman–Crippen LogP) is 12.5. The summed E-state index contributed by atoms with van der Waals surface area (Å²) in [5.41, 5.74) is 15.0. The number of rotatable bonds is 12. The van der Waals surface area contributed by atoms with E-state index in [1.54, 1.807) is 0 Å². The zero-order valence-corrected chi connectivity index (χ0v) is 33.5. The van der Waals surface area contributed by atoms with Crippen molar-refractivity contribution >= 4 is 28.4 Å². The maximum atomic E-state index is 9.04. The van der Waals surface area contributed by atoms with Crippen molar-refractivity contribution in [2.75, 3.05) is 0 Å². The fourth-order valence-electron chi connectivity index (χ4n) is 8.30. The molecule has 0 saturated heterocycles. The zero-order valence-electron chi connectivity index (χ0n) is 33.5. The van der Waals surface area contributed by atoms with Crippen LogP contribution in [0.1, 0.15) is 74.5 Å². The van der Waals surface area contributed by atoms with E-state index in [2.05, 4.69) is 186 Å². The van der Waals surface area contributed by atoms with Gasteiger partial charge in [0.05, 0.1) is 17.8 Å². The first-order chi connectivity index (χ1) is 29.6. The van der Waals surface area contributed by atoms with Gasteiger partial charge in [0.1, 0.15) is 0 Å². The Hall–Kier alpha value is -7.43. The Morgan fingerprint density at radius 1 is 0.533 bits per heavy atom. The van der Waals surface area contributed by atoms with Gasteiger partial charge in [-0.15, -0.1) is 0 Å². The summed E-state index contributed by atoms with van der Waals surface area (Å²) in [7, 11) is 0. The van der Waals surface area contributed by atoms with Crippen LogP contribution >= 0.6 is 0 Å².